The summed E-state index contributed by atoms with van der Waals surface area (Å²) in [5.41, 5.74) is 4.02. The van der Waals surface area contributed by atoms with Gasteiger partial charge in [-0.1, -0.05) is 67.8 Å². The van der Waals surface area contributed by atoms with E-state index < -0.39 is 0 Å². The first-order valence-corrected chi connectivity index (χ1v) is 8.90. The smallest absolute Gasteiger partial charge is 0.0856 e. The monoisotopic (exact) mass is 304 g/mol. The molecule has 0 unspecified atom stereocenters. The number of hydrogen-bond acceptors (Lipinski definition) is 2. The highest BCUT2D eigenvalue weighted by Gasteiger charge is 2.38. The van der Waals surface area contributed by atoms with E-state index in [0.717, 1.165) is 6.42 Å². The first-order valence-electron chi connectivity index (χ1n) is 8.90. The maximum Gasteiger partial charge on any atom is 0.0856 e. The molecule has 1 fully saturated rings. The molecule has 23 heavy (non-hydrogen) atoms. The minimum absolute atomic E-state index is 0.353. The lowest BCUT2D eigenvalue weighted by atomic mass is 9.82. The molecule has 0 aromatic heterocycles. The lowest BCUT2D eigenvalue weighted by Crippen LogP contribution is -2.26. The quantitative estimate of drug-likeness (QED) is 0.707. The average Bonchev–Trinajstić information content (AvgIpc) is 2.94. The van der Waals surface area contributed by atoms with Gasteiger partial charge in [0.25, 0.3) is 0 Å². The molecule has 1 saturated carbocycles. The van der Waals surface area contributed by atoms with Crippen molar-refractivity contribution in [2.24, 2.45) is 11.0 Å². The molecule has 4 rings (SSSR count). The topological polar surface area (TPSA) is 15.6 Å². The highest BCUT2D eigenvalue weighted by molar-refractivity contribution is 5.91. The molecule has 0 spiro atoms. The fourth-order valence-corrected chi connectivity index (χ4v) is 4.03. The summed E-state index contributed by atoms with van der Waals surface area (Å²) in [6, 6.07) is 21.9. The van der Waals surface area contributed by atoms with Crippen molar-refractivity contribution in [2.45, 2.75) is 44.6 Å². The molecule has 0 bridgehead atoms. The second-order valence-electron chi connectivity index (χ2n) is 6.69. The highest BCUT2D eigenvalue weighted by Crippen LogP contribution is 2.43. The van der Waals surface area contributed by atoms with E-state index in [4.69, 9.17) is 5.10 Å². The minimum Gasteiger partial charge on any atom is -0.257 e. The third-order valence-electron chi connectivity index (χ3n) is 5.17. The van der Waals surface area contributed by atoms with Gasteiger partial charge in [-0.15, -0.1) is 0 Å². The van der Waals surface area contributed by atoms with Crippen molar-refractivity contribution >= 4 is 11.4 Å². The maximum absolute atomic E-state index is 5.09. The summed E-state index contributed by atoms with van der Waals surface area (Å²) >= 11 is 0. The van der Waals surface area contributed by atoms with Crippen LogP contribution in [-0.2, 0) is 0 Å². The second kappa shape index (κ2) is 6.57. The molecule has 1 heterocycles. The summed E-state index contributed by atoms with van der Waals surface area (Å²) in [5, 5.41) is 7.37. The SMILES string of the molecule is c1ccc([C@H]2[C@@H]3CCCCCCC3=NN2c2ccccc2)cc1. The van der Waals surface area contributed by atoms with E-state index in [1.165, 1.54) is 49.1 Å². The zero-order chi connectivity index (χ0) is 15.5. The molecular weight excluding hydrogens is 280 g/mol. The van der Waals surface area contributed by atoms with E-state index in [9.17, 15) is 0 Å². The van der Waals surface area contributed by atoms with E-state index in [2.05, 4.69) is 65.7 Å². The van der Waals surface area contributed by atoms with E-state index in [1.54, 1.807) is 0 Å². The zero-order valence-electron chi connectivity index (χ0n) is 13.6. The maximum atomic E-state index is 5.09. The Morgan fingerprint density at radius 2 is 1.48 bits per heavy atom. The third kappa shape index (κ3) is 2.90. The molecule has 1 aliphatic heterocycles. The Kier molecular flexibility index (Phi) is 4.14. The lowest BCUT2D eigenvalue weighted by molar-refractivity contribution is 0.466. The first kappa shape index (κ1) is 14.5. The van der Waals surface area contributed by atoms with E-state index in [0.29, 0.717) is 12.0 Å². The fourth-order valence-electron chi connectivity index (χ4n) is 4.03. The van der Waals surface area contributed by atoms with Crippen molar-refractivity contribution in [3.63, 3.8) is 0 Å². The van der Waals surface area contributed by atoms with Crippen molar-refractivity contribution in [3.05, 3.63) is 66.2 Å². The van der Waals surface area contributed by atoms with Gasteiger partial charge in [-0.2, -0.15) is 5.10 Å². The predicted molar refractivity (Wildman–Crippen MR) is 96.7 cm³/mol. The number of hydrogen-bond donors (Lipinski definition) is 0. The van der Waals surface area contributed by atoms with Crippen LogP contribution in [0.4, 0.5) is 5.69 Å². The lowest BCUT2D eigenvalue weighted by Gasteiger charge is -2.29. The Hall–Kier alpha value is -2.09. The number of benzene rings is 2. The van der Waals surface area contributed by atoms with E-state index >= 15 is 0 Å². The van der Waals surface area contributed by atoms with Crippen molar-refractivity contribution in [1.82, 2.24) is 0 Å². The van der Waals surface area contributed by atoms with Crippen LogP contribution in [0.1, 0.15) is 50.1 Å². The van der Waals surface area contributed by atoms with Crippen LogP contribution in [0, 0.1) is 5.92 Å². The zero-order valence-corrected chi connectivity index (χ0v) is 13.6. The van der Waals surface area contributed by atoms with E-state index in [1.807, 2.05) is 0 Å². The van der Waals surface area contributed by atoms with Crippen molar-refractivity contribution in [3.8, 4) is 0 Å². The molecule has 0 amide bonds. The van der Waals surface area contributed by atoms with Gasteiger partial charge in [-0.3, -0.25) is 5.01 Å². The molecule has 2 aromatic rings. The summed E-state index contributed by atoms with van der Waals surface area (Å²) in [6.07, 6.45) is 7.78. The summed E-state index contributed by atoms with van der Waals surface area (Å²) in [4.78, 5) is 0. The molecule has 0 radical (unpaired) electrons. The number of hydrazone groups is 1. The summed E-state index contributed by atoms with van der Waals surface area (Å²) < 4.78 is 0. The molecule has 118 valence electrons. The van der Waals surface area contributed by atoms with Crippen LogP contribution in [0.2, 0.25) is 0 Å². The standard InChI is InChI=1S/C21H24N2/c1-2-10-16-20-19(15-9-1)21(17-11-5-3-6-12-17)23(22-20)18-13-7-4-8-14-18/h3-8,11-14,19,21H,1-2,9-10,15-16H2/t19-,21+/m1/s1. The molecular formula is C21H24N2. The van der Waals surface area contributed by atoms with Crippen LogP contribution in [-0.4, -0.2) is 5.71 Å². The summed E-state index contributed by atoms with van der Waals surface area (Å²) in [7, 11) is 0. The fraction of sp³-hybridized carbons (Fsp3) is 0.381. The van der Waals surface area contributed by atoms with Gasteiger partial charge in [-0.25, -0.2) is 0 Å². The first-order chi connectivity index (χ1) is 11.4. The van der Waals surface area contributed by atoms with Gasteiger partial charge in [0, 0.05) is 11.6 Å². The third-order valence-corrected chi connectivity index (χ3v) is 5.17. The van der Waals surface area contributed by atoms with Gasteiger partial charge >= 0.3 is 0 Å². The van der Waals surface area contributed by atoms with Crippen molar-refractivity contribution in [2.75, 3.05) is 5.01 Å². The van der Waals surface area contributed by atoms with Gasteiger partial charge in [0.15, 0.2) is 0 Å². The number of rotatable bonds is 2. The molecule has 2 aromatic carbocycles. The van der Waals surface area contributed by atoms with Crippen LogP contribution in [0.3, 0.4) is 0 Å². The number of anilines is 1. The van der Waals surface area contributed by atoms with Gasteiger partial charge in [0.1, 0.15) is 0 Å². The Morgan fingerprint density at radius 1 is 0.783 bits per heavy atom. The highest BCUT2D eigenvalue weighted by atomic mass is 15.5. The van der Waals surface area contributed by atoms with Crippen LogP contribution >= 0.6 is 0 Å². The number of fused-ring (bicyclic) bond motifs is 1. The van der Waals surface area contributed by atoms with Crippen LogP contribution in [0.15, 0.2) is 65.8 Å². The normalized spacial score (nSPS) is 24.5. The Morgan fingerprint density at radius 3 is 2.26 bits per heavy atom. The van der Waals surface area contributed by atoms with Crippen LogP contribution < -0.4 is 5.01 Å². The van der Waals surface area contributed by atoms with Gasteiger partial charge < -0.3 is 0 Å². The van der Waals surface area contributed by atoms with Gasteiger partial charge in [0.2, 0.25) is 0 Å². The van der Waals surface area contributed by atoms with Crippen LogP contribution in [0.5, 0.6) is 0 Å². The Labute approximate surface area is 138 Å². The summed E-state index contributed by atoms with van der Waals surface area (Å²) in [5.74, 6) is 0.568. The molecule has 2 nitrogen and oxygen atoms in total. The Bertz CT molecular complexity index is 663. The molecule has 2 atom stereocenters. The Balaban J connectivity index is 1.75. The molecule has 0 saturated heterocycles. The predicted octanol–water partition coefficient (Wildman–Crippen LogP) is 5.57. The molecule has 2 heteroatoms. The number of para-hydroxylation sites is 1. The van der Waals surface area contributed by atoms with E-state index in [-0.39, 0.29) is 0 Å². The average molecular weight is 304 g/mol. The van der Waals surface area contributed by atoms with Gasteiger partial charge in [-0.05, 0) is 37.0 Å². The summed E-state index contributed by atoms with van der Waals surface area (Å²) in [6.45, 7) is 0. The largest absolute Gasteiger partial charge is 0.257 e. The van der Waals surface area contributed by atoms with Crippen molar-refractivity contribution in [1.29, 1.82) is 0 Å². The van der Waals surface area contributed by atoms with Crippen LogP contribution in [0.25, 0.3) is 0 Å². The molecule has 0 N–H and O–H groups in total. The minimum atomic E-state index is 0.353. The van der Waals surface area contributed by atoms with Crippen molar-refractivity contribution < 1.29 is 0 Å². The van der Waals surface area contributed by atoms with Gasteiger partial charge in [0.05, 0.1) is 11.7 Å². The molecule has 1 aliphatic carbocycles. The molecule has 2 aliphatic rings. The number of nitrogens with zero attached hydrogens (tertiary/aromatic N) is 2. The second-order valence-corrected chi connectivity index (χ2v) is 6.69.